The molecule has 1 amide bonds. The van der Waals surface area contributed by atoms with Crippen LogP contribution in [0.5, 0.6) is 0 Å². The highest BCUT2D eigenvalue weighted by Gasteiger charge is 2.27. The normalized spacial score (nSPS) is 15.5. The van der Waals surface area contributed by atoms with Gasteiger partial charge in [-0.25, -0.2) is 0 Å². The predicted octanol–water partition coefficient (Wildman–Crippen LogP) is 5.47. The minimum absolute atomic E-state index is 0.225. The van der Waals surface area contributed by atoms with Gasteiger partial charge in [-0.05, 0) is 72.6 Å². The molecule has 2 aliphatic rings. The van der Waals surface area contributed by atoms with Gasteiger partial charge in [-0.2, -0.15) is 0 Å². The number of nitrogens with zero attached hydrogens (tertiary/aromatic N) is 4. The number of carbonyl (C=O) groups excluding carboxylic acids is 1. The molecule has 6 nitrogen and oxygen atoms in total. The number of hydrogen-bond donors (Lipinski definition) is 1. The van der Waals surface area contributed by atoms with Crippen LogP contribution < -0.4 is 5.32 Å². The third-order valence-corrected chi connectivity index (χ3v) is 6.17. The monoisotopic (exact) mass is 421 g/mol. The van der Waals surface area contributed by atoms with Gasteiger partial charge in [0.25, 0.3) is 5.91 Å². The van der Waals surface area contributed by atoms with Crippen molar-refractivity contribution in [2.75, 3.05) is 5.32 Å². The van der Waals surface area contributed by atoms with Crippen LogP contribution in [0, 0.1) is 0 Å². The fourth-order valence-electron chi connectivity index (χ4n) is 4.23. The smallest absolute Gasteiger partial charge is 0.274 e. The van der Waals surface area contributed by atoms with Crippen molar-refractivity contribution in [1.29, 1.82) is 0 Å². The number of benzene rings is 2. The molecule has 32 heavy (non-hydrogen) atoms. The first-order valence-corrected chi connectivity index (χ1v) is 11.1. The molecule has 0 spiro atoms. The molecule has 2 heterocycles. The largest absolute Gasteiger partial charge is 0.321 e. The van der Waals surface area contributed by atoms with E-state index in [9.17, 15) is 4.79 Å². The highest BCUT2D eigenvalue weighted by Crippen LogP contribution is 2.44. The molecule has 158 valence electrons. The average molecular weight is 422 g/mol. The maximum atomic E-state index is 13.0. The van der Waals surface area contributed by atoms with Gasteiger partial charge < -0.3 is 9.88 Å². The molecule has 2 fully saturated rings. The Balaban J connectivity index is 1.25. The summed E-state index contributed by atoms with van der Waals surface area (Å²) in [4.78, 5) is 17.3. The van der Waals surface area contributed by atoms with Crippen molar-refractivity contribution in [2.45, 2.75) is 37.6 Å². The predicted molar refractivity (Wildman–Crippen MR) is 123 cm³/mol. The van der Waals surface area contributed by atoms with Gasteiger partial charge in [0, 0.05) is 23.5 Å². The van der Waals surface area contributed by atoms with Gasteiger partial charge in [-0.3, -0.25) is 9.78 Å². The van der Waals surface area contributed by atoms with E-state index in [0.29, 0.717) is 23.3 Å². The molecular formula is C26H23N5O. The zero-order chi connectivity index (χ0) is 21.5. The Kier molecular flexibility index (Phi) is 4.56. The molecular weight excluding hydrogens is 398 g/mol. The second-order valence-electron chi connectivity index (χ2n) is 8.62. The lowest BCUT2D eigenvalue weighted by atomic mass is 9.97. The average Bonchev–Trinajstić information content (AvgIpc) is 3.78. The van der Waals surface area contributed by atoms with Crippen LogP contribution in [0.3, 0.4) is 0 Å². The molecule has 2 saturated carbocycles. The third kappa shape index (κ3) is 3.68. The second kappa shape index (κ2) is 7.71. The number of carbonyl (C=O) groups is 1. The fraction of sp³-hybridized carbons (Fsp3) is 0.231. The van der Waals surface area contributed by atoms with Gasteiger partial charge in [-0.15, -0.1) is 10.2 Å². The van der Waals surface area contributed by atoms with Gasteiger partial charge in [0.2, 0.25) is 0 Å². The molecule has 0 saturated heterocycles. The summed E-state index contributed by atoms with van der Waals surface area (Å²) in [5, 5.41) is 11.4. The Bertz CT molecular complexity index is 1300. The van der Waals surface area contributed by atoms with E-state index in [1.54, 1.807) is 12.5 Å². The molecule has 0 aliphatic heterocycles. The van der Waals surface area contributed by atoms with Gasteiger partial charge in [0.1, 0.15) is 12.0 Å². The summed E-state index contributed by atoms with van der Waals surface area (Å²) < 4.78 is 2.11. The molecule has 2 aromatic carbocycles. The fourth-order valence-corrected chi connectivity index (χ4v) is 4.23. The first-order chi connectivity index (χ1) is 15.8. The molecule has 4 aromatic rings. The van der Waals surface area contributed by atoms with Crippen LogP contribution in [-0.2, 0) is 0 Å². The number of hydrogen-bond acceptors (Lipinski definition) is 4. The Hall–Kier alpha value is -3.80. The summed E-state index contributed by atoms with van der Waals surface area (Å²) in [6.45, 7) is 0. The van der Waals surface area contributed by atoms with Crippen LogP contribution in [-0.4, -0.2) is 25.7 Å². The second-order valence-corrected chi connectivity index (χ2v) is 8.62. The molecule has 2 aliphatic carbocycles. The van der Waals surface area contributed by atoms with Crippen molar-refractivity contribution in [3.05, 3.63) is 84.4 Å². The maximum absolute atomic E-state index is 13.0. The summed E-state index contributed by atoms with van der Waals surface area (Å²) in [7, 11) is 0. The zero-order valence-electron chi connectivity index (χ0n) is 17.6. The summed E-state index contributed by atoms with van der Waals surface area (Å²) >= 11 is 0. The molecule has 1 N–H and O–H groups in total. The molecule has 6 rings (SSSR count). The Morgan fingerprint density at radius 3 is 2.66 bits per heavy atom. The van der Waals surface area contributed by atoms with Crippen molar-refractivity contribution >= 4 is 11.6 Å². The lowest BCUT2D eigenvalue weighted by Gasteiger charge is -2.11. The Morgan fingerprint density at radius 2 is 1.81 bits per heavy atom. The zero-order valence-corrected chi connectivity index (χ0v) is 17.6. The van der Waals surface area contributed by atoms with Crippen molar-refractivity contribution in [1.82, 2.24) is 19.7 Å². The van der Waals surface area contributed by atoms with Gasteiger partial charge in [0.15, 0.2) is 5.82 Å². The summed E-state index contributed by atoms with van der Waals surface area (Å²) in [6.07, 6.45) is 8.29. The van der Waals surface area contributed by atoms with Crippen LogP contribution in [0.15, 0.2) is 73.2 Å². The molecule has 0 radical (unpaired) electrons. The highest BCUT2D eigenvalue weighted by molar-refractivity contribution is 6.03. The number of rotatable bonds is 6. The van der Waals surface area contributed by atoms with Crippen molar-refractivity contribution in [3.8, 4) is 22.5 Å². The van der Waals surface area contributed by atoms with Crippen molar-refractivity contribution in [2.24, 2.45) is 0 Å². The van der Waals surface area contributed by atoms with Crippen LogP contribution in [0.25, 0.3) is 22.5 Å². The minimum atomic E-state index is -0.225. The lowest BCUT2D eigenvalue weighted by Crippen LogP contribution is -2.13. The van der Waals surface area contributed by atoms with E-state index < -0.39 is 0 Å². The van der Waals surface area contributed by atoms with E-state index in [2.05, 4.69) is 43.3 Å². The van der Waals surface area contributed by atoms with Crippen LogP contribution in [0.1, 0.15) is 53.7 Å². The molecule has 6 heteroatoms. The molecule has 0 unspecified atom stereocenters. The van der Waals surface area contributed by atoms with E-state index in [4.69, 9.17) is 0 Å². The number of aromatic nitrogens is 4. The first-order valence-electron chi connectivity index (χ1n) is 11.1. The number of anilines is 1. The SMILES string of the molecule is O=C(Nc1cccc(-c2nncn2C2CC2)c1)c1cc(-c2ccccc2C2CC2)ccn1. The van der Waals surface area contributed by atoms with Crippen molar-refractivity contribution in [3.63, 3.8) is 0 Å². The van der Waals surface area contributed by atoms with Gasteiger partial charge >= 0.3 is 0 Å². The van der Waals surface area contributed by atoms with Gasteiger partial charge in [-0.1, -0.05) is 36.4 Å². The van der Waals surface area contributed by atoms with E-state index in [1.165, 1.54) is 24.0 Å². The van der Waals surface area contributed by atoms with E-state index >= 15 is 0 Å². The lowest BCUT2D eigenvalue weighted by molar-refractivity contribution is 0.102. The number of amides is 1. The molecule has 2 aromatic heterocycles. The number of nitrogens with one attached hydrogen (secondary N) is 1. The summed E-state index contributed by atoms with van der Waals surface area (Å²) in [5.41, 5.74) is 5.62. The topological polar surface area (TPSA) is 72.7 Å². The van der Waals surface area contributed by atoms with E-state index in [1.807, 2.05) is 42.5 Å². The summed E-state index contributed by atoms with van der Waals surface area (Å²) in [5.74, 6) is 1.24. The Labute approximate surface area is 186 Å². The number of pyridine rings is 1. The van der Waals surface area contributed by atoms with Gasteiger partial charge in [0.05, 0.1) is 0 Å². The third-order valence-electron chi connectivity index (χ3n) is 6.17. The van der Waals surface area contributed by atoms with E-state index in [0.717, 1.165) is 29.8 Å². The quantitative estimate of drug-likeness (QED) is 0.448. The molecule has 0 bridgehead atoms. The minimum Gasteiger partial charge on any atom is -0.321 e. The van der Waals surface area contributed by atoms with Crippen LogP contribution in [0.4, 0.5) is 5.69 Å². The van der Waals surface area contributed by atoms with E-state index in [-0.39, 0.29) is 5.91 Å². The van der Waals surface area contributed by atoms with Crippen molar-refractivity contribution < 1.29 is 4.79 Å². The van der Waals surface area contributed by atoms with Crippen LogP contribution >= 0.6 is 0 Å². The first kappa shape index (κ1) is 18.9. The van der Waals surface area contributed by atoms with Crippen LogP contribution in [0.2, 0.25) is 0 Å². The summed E-state index contributed by atoms with van der Waals surface area (Å²) in [6, 6.07) is 20.5. The standard InChI is InChI=1S/C26H23N5O/c32-26(24-15-18(12-13-27-24)23-7-2-1-6-22(23)17-8-9-17)29-20-5-3-4-19(14-20)25-30-28-16-31(25)21-10-11-21/h1-7,12-17,21H,8-11H2,(H,29,32). The highest BCUT2D eigenvalue weighted by atomic mass is 16.1. The molecule has 0 atom stereocenters. The maximum Gasteiger partial charge on any atom is 0.274 e. The Morgan fingerprint density at radius 1 is 0.938 bits per heavy atom.